The lowest BCUT2D eigenvalue weighted by atomic mass is 9.73. The largest absolute Gasteiger partial charge is 0.385 e. The van der Waals surface area contributed by atoms with Gasteiger partial charge >= 0.3 is 0 Å². The maximum Gasteiger partial charge on any atom is 0.157 e. The SMILES string of the molecule is N#Cc1cc(F)cc2c1[C@@H](c1cc(F)c(N3CCS(=O)(=O)CC3)c3c1C[C@@H](F)[C@H]3O)C[C@H](F)[C@@H]2F. The Morgan fingerprint density at radius 2 is 1.69 bits per heavy atom. The molecule has 2 aromatic carbocycles. The molecular weight excluding hydrogens is 491 g/mol. The van der Waals surface area contributed by atoms with E-state index in [1.807, 2.05) is 0 Å². The van der Waals surface area contributed by atoms with Crippen LogP contribution in [0.2, 0.25) is 0 Å². The Morgan fingerprint density at radius 1 is 1.00 bits per heavy atom. The summed E-state index contributed by atoms with van der Waals surface area (Å²) in [6, 6.07) is 4.55. The van der Waals surface area contributed by atoms with Gasteiger partial charge in [-0.05, 0) is 46.9 Å². The zero-order valence-corrected chi connectivity index (χ0v) is 19.1. The number of anilines is 1. The lowest BCUT2D eigenvalue weighted by molar-refractivity contribution is 0.0927. The predicted molar refractivity (Wildman–Crippen MR) is 117 cm³/mol. The van der Waals surface area contributed by atoms with E-state index in [-0.39, 0.29) is 70.1 Å². The van der Waals surface area contributed by atoms with Crippen molar-refractivity contribution in [1.82, 2.24) is 0 Å². The number of sulfone groups is 1. The van der Waals surface area contributed by atoms with E-state index in [1.54, 1.807) is 6.07 Å². The second kappa shape index (κ2) is 8.45. The van der Waals surface area contributed by atoms with Crippen molar-refractivity contribution in [3.8, 4) is 6.07 Å². The van der Waals surface area contributed by atoms with Crippen molar-refractivity contribution in [3.05, 3.63) is 63.2 Å². The molecule has 0 aromatic heterocycles. The first-order valence-electron chi connectivity index (χ1n) is 11.2. The Bertz CT molecular complexity index is 1350. The maximum atomic E-state index is 15.6. The van der Waals surface area contributed by atoms with Crippen molar-refractivity contribution in [2.24, 2.45) is 0 Å². The van der Waals surface area contributed by atoms with Crippen LogP contribution < -0.4 is 4.90 Å². The third-order valence-corrected chi connectivity index (χ3v) is 8.84. The molecule has 5 nitrogen and oxygen atoms in total. The second-order valence-electron chi connectivity index (χ2n) is 9.27. The lowest BCUT2D eigenvalue weighted by Crippen LogP contribution is -2.41. The van der Waals surface area contributed by atoms with E-state index in [9.17, 15) is 36.3 Å². The number of fused-ring (bicyclic) bond motifs is 2. The van der Waals surface area contributed by atoms with Crippen LogP contribution >= 0.6 is 0 Å². The van der Waals surface area contributed by atoms with E-state index in [0.29, 0.717) is 0 Å². The van der Waals surface area contributed by atoms with Gasteiger partial charge in [0.1, 0.15) is 30.1 Å². The van der Waals surface area contributed by atoms with Crippen molar-refractivity contribution in [3.63, 3.8) is 0 Å². The highest BCUT2D eigenvalue weighted by Crippen LogP contribution is 2.51. The summed E-state index contributed by atoms with van der Waals surface area (Å²) in [4.78, 5) is 1.45. The highest BCUT2D eigenvalue weighted by molar-refractivity contribution is 7.91. The number of alkyl halides is 3. The molecule has 0 unspecified atom stereocenters. The van der Waals surface area contributed by atoms with Gasteiger partial charge in [0.05, 0.1) is 28.8 Å². The second-order valence-corrected chi connectivity index (χ2v) is 11.6. The monoisotopic (exact) mass is 512 g/mol. The summed E-state index contributed by atoms with van der Waals surface area (Å²) < 4.78 is 97.6. The number of hydrogen-bond acceptors (Lipinski definition) is 5. The first-order valence-corrected chi connectivity index (χ1v) is 13.0. The number of benzene rings is 2. The van der Waals surface area contributed by atoms with Crippen LogP contribution in [0.15, 0.2) is 18.2 Å². The minimum Gasteiger partial charge on any atom is -0.385 e. The minimum absolute atomic E-state index is 0.0190. The fraction of sp³-hybridized carbons (Fsp3) is 0.458. The smallest absolute Gasteiger partial charge is 0.157 e. The third-order valence-electron chi connectivity index (χ3n) is 7.23. The molecule has 3 aliphatic rings. The summed E-state index contributed by atoms with van der Waals surface area (Å²) in [7, 11) is -3.30. The maximum absolute atomic E-state index is 15.6. The van der Waals surface area contributed by atoms with Crippen LogP contribution in [0.4, 0.5) is 27.6 Å². The van der Waals surface area contributed by atoms with Crippen LogP contribution in [0.3, 0.4) is 0 Å². The summed E-state index contributed by atoms with van der Waals surface area (Å²) in [5.74, 6) is -3.31. The van der Waals surface area contributed by atoms with Crippen LogP contribution in [0, 0.1) is 23.0 Å². The summed E-state index contributed by atoms with van der Waals surface area (Å²) in [6.45, 7) is -0.0934. The molecule has 5 rings (SSSR count). The number of hydrogen-bond donors (Lipinski definition) is 1. The molecule has 35 heavy (non-hydrogen) atoms. The highest BCUT2D eigenvalue weighted by atomic mass is 32.2. The van der Waals surface area contributed by atoms with Gasteiger partial charge in [-0.1, -0.05) is 0 Å². The average molecular weight is 513 g/mol. The Hall–Kier alpha value is -2.71. The number of aliphatic hydroxyl groups is 1. The van der Waals surface area contributed by atoms with Crippen molar-refractivity contribution in [1.29, 1.82) is 5.26 Å². The zero-order chi connectivity index (χ0) is 25.2. The van der Waals surface area contributed by atoms with E-state index in [2.05, 4.69) is 0 Å². The Kier molecular flexibility index (Phi) is 5.79. The molecule has 1 N–H and O–H groups in total. The van der Waals surface area contributed by atoms with Crippen LogP contribution in [0.1, 0.15) is 58.0 Å². The van der Waals surface area contributed by atoms with Crippen molar-refractivity contribution in [2.75, 3.05) is 29.5 Å². The van der Waals surface area contributed by atoms with E-state index in [1.165, 1.54) is 4.90 Å². The normalized spacial score (nSPS) is 29.4. The quantitative estimate of drug-likeness (QED) is 0.618. The van der Waals surface area contributed by atoms with Gasteiger partial charge in [0.2, 0.25) is 0 Å². The topological polar surface area (TPSA) is 81.4 Å². The number of halogens is 5. The molecule has 1 heterocycles. The molecule has 0 spiro atoms. The van der Waals surface area contributed by atoms with E-state index in [0.717, 1.165) is 18.2 Å². The summed E-state index contributed by atoms with van der Waals surface area (Å²) in [6.07, 6.45) is -8.55. The molecule has 0 amide bonds. The van der Waals surface area contributed by atoms with Gasteiger partial charge in [0, 0.05) is 31.0 Å². The molecule has 1 fully saturated rings. The Balaban J connectivity index is 1.70. The molecule has 11 heteroatoms. The molecule has 186 valence electrons. The number of nitriles is 1. The van der Waals surface area contributed by atoms with Crippen LogP contribution in [0.25, 0.3) is 0 Å². The fourth-order valence-corrected chi connectivity index (χ4v) is 6.81. The molecule has 2 aromatic rings. The van der Waals surface area contributed by atoms with Crippen LogP contribution in [-0.4, -0.2) is 50.5 Å². The summed E-state index contributed by atoms with van der Waals surface area (Å²) in [5, 5.41) is 20.2. The van der Waals surface area contributed by atoms with Crippen LogP contribution in [-0.2, 0) is 16.3 Å². The van der Waals surface area contributed by atoms with Gasteiger partial charge in [-0.3, -0.25) is 0 Å². The van der Waals surface area contributed by atoms with Gasteiger partial charge in [0.25, 0.3) is 0 Å². The average Bonchev–Trinajstić information content (AvgIpc) is 3.10. The lowest BCUT2D eigenvalue weighted by Gasteiger charge is -2.35. The minimum atomic E-state index is -3.30. The van der Waals surface area contributed by atoms with E-state index < -0.39 is 58.4 Å². The summed E-state index contributed by atoms with van der Waals surface area (Å²) >= 11 is 0. The van der Waals surface area contributed by atoms with Crippen molar-refractivity contribution < 1.29 is 35.5 Å². The molecule has 2 aliphatic carbocycles. The van der Waals surface area contributed by atoms with Gasteiger partial charge < -0.3 is 10.0 Å². The fourth-order valence-electron chi connectivity index (χ4n) is 5.61. The Labute approximate surface area is 198 Å². The molecule has 5 atom stereocenters. The van der Waals surface area contributed by atoms with Gasteiger partial charge in [-0.25, -0.2) is 30.4 Å². The molecule has 0 bridgehead atoms. The van der Waals surface area contributed by atoms with Crippen LogP contribution in [0.5, 0.6) is 0 Å². The van der Waals surface area contributed by atoms with E-state index in [4.69, 9.17) is 0 Å². The molecule has 0 radical (unpaired) electrons. The Morgan fingerprint density at radius 3 is 2.34 bits per heavy atom. The molecular formula is C24H21F5N2O3S. The van der Waals surface area contributed by atoms with Crippen molar-refractivity contribution >= 4 is 15.5 Å². The van der Waals surface area contributed by atoms with Gasteiger partial charge in [-0.15, -0.1) is 0 Å². The van der Waals surface area contributed by atoms with Gasteiger partial charge in [-0.2, -0.15) is 5.26 Å². The van der Waals surface area contributed by atoms with E-state index >= 15 is 4.39 Å². The zero-order valence-electron chi connectivity index (χ0n) is 18.3. The molecule has 1 aliphatic heterocycles. The van der Waals surface area contributed by atoms with Crippen molar-refractivity contribution in [2.45, 2.75) is 43.4 Å². The van der Waals surface area contributed by atoms with Gasteiger partial charge in [0.15, 0.2) is 16.0 Å². The first kappa shape index (κ1) is 24.0. The standard InChI is InChI=1S/C24H21F5N2O3S/c25-12-5-11(10-30)20-14(8-17(26)22(29)16(20)6-12)13-7-18(27)23(21-15(13)9-19(28)24(21)32)31-1-3-35(33,34)4-2-31/h5-7,14,17,19,22,24,32H,1-4,8-9H2/t14-,17+,19-,22-,24-/m1/s1. The molecule has 0 saturated carbocycles. The number of rotatable bonds is 2. The molecule has 1 saturated heterocycles. The first-order chi connectivity index (χ1) is 16.5. The summed E-state index contributed by atoms with van der Waals surface area (Å²) in [5.41, 5.74) is -0.402. The third kappa shape index (κ3) is 3.87. The predicted octanol–water partition coefficient (Wildman–Crippen LogP) is 3.88. The number of aliphatic hydroxyl groups excluding tert-OH is 1. The number of nitrogens with zero attached hydrogens (tertiary/aromatic N) is 2. The highest BCUT2D eigenvalue weighted by Gasteiger charge is 2.44.